The molecule has 0 aliphatic rings. The second-order valence-electron chi connectivity index (χ2n) is 6.76. The highest BCUT2D eigenvalue weighted by Gasteiger charge is 2.12. The Labute approximate surface area is 172 Å². The summed E-state index contributed by atoms with van der Waals surface area (Å²) in [7, 11) is 0. The number of benzene rings is 2. The maximum Gasteiger partial charge on any atom is 0.336 e. The van der Waals surface area contributed by atoms with E-state index in [0.717, 1.165) is 22.9 Å². The third-order valence-corrected chi connectivity index (χ3v) is 5.79. The molecule has 0 spiro atoms. The molecule has 0 atom stereocenters. The maximum absolute atomic E-state index is 12.5. The summed E-state index contributed by atoms with van der Waals surface area (Å²) in [6, 6.07) is 18.6. The molecule has 4 aromatic rings. The molecule has 0 unspecified atom stereocenters. The zero-order chi connectivity index (χ0) is 20.2. The van der Waals surface area contributed by atoms with Crippen molar-refractivity contribution in [3.05, 3.63) is 93.8 Å². The minimum atomic E-state index is -0.932. The topological polar surface area (TPSA) is 71.3 Å². The minimum Gasteiger partial charge on any atom is -0.478 e. The van der Waals surface area contributed by atoms with Gasteiger partial charge in [0.1, 0.15) is 0 Å². The van der Waals surface area contributed by atoms with E-state index < -0.39 is 5.97 Å². The third-order valence-electron chi connectivity index (χ3n) is 4.86. The Morgan fingerprint density at radius 3 is 2.69 bits per heavy atom. The Kier molecular flexibility index (Phi) is 5.44. The number of hydrogen-bond acceptors (Lipinski definition) is 3. The SMILES string of the molecule is O=C(NCCc1cccs1)c1ccc2c(ccn2Cc2ccccc2C(=O)O)c1. The lowest BCUT2D eigenvalue weighted by Gasteiger charge is -2.09. The first-order valence-electron chi connectivity index (χ1n) is 9.32. The molecule has 0 aliphatic carbocycles. The van der Waals surface area contributed by atoms with Gasteiger partial charge in [0.05, 0.1) is 5.56 Å². The van der Waals surface area contributed by atoms with Gasteiger partial charge in [0.25, 0.3) is 5.91 Å². The highest BCUT2D eigenvalue weighted by atomic mass is 32.1. The van der Waals surface area contributed by atoms with Crippen molar-refractivity contribution in [2.75, 3.05) is 6.54 Å². The summed E-state index contributed by atoms with van der Waals surface area (Å²) < 4.78 is 2.00. The van der Waals surface area contributed by atoms with Crippen molar-refractivity contribution in [1.29, 1.82) is 0 Å². The summed E-state index contributed by atoms with van der Waals surface area (Å²) in [4.78, 5) is 25.1. The van der Waals surface area contributed by atoms with Gasteiger partial charge in [-0.2, -0.15) is 0 Å². The summed E-state index contributed by atoms with van der Waals surface area (Å²) in [5, 5.41) is 15.3. The molecule has 4 rings (SSSR count). The van der Waals surface area contributed by atoms with Crippen molar-refractivity contribution < 1.29 is 14.7 Å². The first-order valence-corrected chi connectivity index (χ1v) is 10.2. The van der Waals surface area contributed by atoms with E-state index in [1.165, 1.54) is 4.88 Å². The van der Waals surface area contributed by atoms with Crippen molar-refractivity contribution >= 4 is 34.1 Å². The Hall–Kier alpha value is -3.38. The molecule has 1 amide bonds. The number of fused-ring (bicyclic) bond motifs is 1. The van der Waals surface area contributed by atoms with Gasteiger partial charge < -0.3 is 15.0 Å². The Morgan fingerprint density at radius 2 is 1.90 bits per heavy atom. The van der Waals surface area contributed by atoms with Crippen LogP contribution in [-0.4, -0.2) is 28.1 Å². The lowest BCUT2D eigenvalue weighted by Crippen LogP contribution is -2.25. The van der Waals surface area contributed by atoms with E-state index in [1.54, 1.807) is 23.5 Å². The molecule has 0 radical (unpaired) electrons. The highest BCUT2D eigenvalue weighted by Crippen LogP contribution is 2.20. The predicted octanol–water partition coefficient (Wildman–Crippen LogP) is 4.42. The molecule has 0 saturated carbocycles. The summed E-state index contributed by atoms with van der Waals surface area (Å²) in [5.41, 5.74) is 2.62. The number of carboxylic acids is 1. The minimum absolute atomic E-state index is 0.0903. The van der Waals surface area contributed by atoms with Gasteiger partial charge in [0.15, 0.2) is 0 Å². The van der Waals surface area contributed by atoms with Gasteiger partial charge in [-0.1, -0.05) is 24.3 Å². The van der Waals surface area contributed by atoms with E-state index in [-0.39, 0.29) is 5.91 Å². The summed E-state index contributed by atoms with van der Waals surface area (Å²) in [6.07, 6.45) is 2.74. The quantitative estimate of drug-likeness (QED) is 0.479. The molecular weight excluding hydrogens is 384 g/mol. The van der Waals surface area contributed by atoms with Crippen molar-refractivity contribution in [1.82, 2.24) is 9.88 Å². The van der Waals surface area contributed by atoms with Gasteiger partial charge in [-0.3, -0.25) is 4.79 Å². The van der Waals surface area contributed by atoms with Gasteiger partial charge in [0.2, 0.25) is 0 Å². The van der Waals surface area contributed by atoms with Gasteiger partial charge in [-0.15, -0.1) is 11.3 Å². The molecule has 5 nitrogen and oxygen atoms in total. The lowest BCUT2D eigenvalue weighted by molar-refractivity contribution is 0.0695. The van der Waals surface area contributed by atoms with Crippen LogP contribution in [0.4, 0.5) is 0 Å². The van der Waals surface area contributed by atoms with E-state index in [1.807, 2.05) is 58.6 Å². The van der Waals surface area contributed by atoms with Crippen LogP contribution in [0.2, 0.25) is 0 Å². The first-order chi connectivity index (χ1) is 14.1. The zero-order valence-corrected chi connectivity index (χ0v) is 16.5. The number of rotatable bonds is 7. The molecule has 0 aliphatic heterocycles. The standard InChI is InChI=1S/C23H20N2O3S/c26-22(24-11-9-19-5-3-13-29-19)17-7-8-21-16(14-17)10-12-25(21)15-18-4-1-2-6-20(18)23(27)28/h1-8,10,12-14H,9,11,15H2,(H,24,26)(H,27,28). The van der Waals surface area contributed by atoms with Gasteiger partial charge in [0, 0.05) is 40.6 Å². The molecule has 0 fully saturated rings. The number of hydrogen-bond donors (Lipinski definition) is 2. The van der Waals surface area contributed by atoms with E-state index in [0.29, 0.717) is 24.2 Å². The van der Waals surface area contributed by atoms with Crippen molar-refractivity contribution in [2.45, 2.75) is 13.0 Å². The van der Waals surface area contributed by atoms with E-state index in [2.05, 4.69) is 11.4 Å². The fraction of sp³-hybridized carbons (Fsp3) is 0.130. The van der Waals surface area contributed by atoms with Crippen molar-refractivity contribution in [2.24, 2.45) is 0 Å². The summed E-state index contributed by atoms with van der Waals surface area (Å²) in [5.74, 6) is -1.02. The van der Waals surface area contributed by atoms with E-state index >= 15 is 0 Å². The van der Waals surface area contributed by atoms with E-state index in [4.69, 9.17) is 0 Å². The number of nitrogens with zero attached hydrogens (tertiary/aromatic N) is 1. The highest BCUT2D eigenvalue weighted by molar-refractivity contribution is 7.09. The molecule has 2 heterocycles. The van der Waals surface area contributed by atoms with Gasteiger partial charge in [-0.25, -0.2) is 4.79 Å². The molecule has 6 heteroatoms. The normalized spacial score (nSPS) is 10.9. The van der Waals surface area contributed by atoms with Crippen LogP contribution in [0.1, 0.15) is 31.2 Å². The molecule has 2 aromatic carbocycles. The number of thiophene rings is 1. The number of carbonyl (C=O) groups is 2. The largest absolute Gasteiger partial charge is 0.478 e. The van der Waals surface area contributed by atoms with Gasteiger partial charge >= 0.3 is 5.97 Å². The number of carbonyl (C=O) groups excluding carboxylic acids is 1. The first kappa shape index (κ1) is 19.0. The zero-order valence-electron chi connectivity index (χ0n) is 15.7. The van der Waals surface area contributed by atoms with Crippen molar-refractivity contribution in [3.63, 3.8) is 0 Å². The van der Waals surface area contributed by atoms with Crippen molar-refractivity contribution in [3.8, 4) is 0 Å². The van der Waals surface area contributed by atoms with Crippen LogP contribution in [0.3, 0.4) is 0 Å². The fourth-order valence-electron chi connectivity index (χ4n) is 3.39. The average molecular weight is 404 g/mol. The van der Waals surface area contributed by atoms with Crippen LogP contribution in [0, 0.1) is 0 Å². The monoisotopic (exact) mass is 404 g/mol. The number of nitrogens with one attached hydrogen (secondary N) is 1. The second-order valence-corrected chi connectivity index (χ2v) is 7.80. The number of aromatic carboxylic acids is 1. The Morgan fingerprint density at radius 1 is 1.03 bits per heavy atom. The van der Waals surface area contributed by atoms with Crippen LogP contribution in [0.15, 0.2) is 72.2 Å². The van der Waals surface area contributed by atoms with Crippen LogP contribution in [0.25, 0.3) is 10.9 Å². The predicted molar refractivity (Wildman–Crippen MR) is 115 cm³/mol. The molecule has 2 aromatic heterocycles. The molecule has 29 heavy (non-hydrogen) atoms. The maximum atomic E-state index is 12.5. The van der Waals surface area contributed by atoms with E-state index in [9.17, 15) is 14.7 Å². The van der Waals surface area contributed by atoms with Crippen LogP contribution >= 0.6 is 11.3 Å². The lowest BCUT2D eigenvalue weighted by atomic mass is 10.1. The second kappa shape index (κ2) is 8.32. The Balaban J connectivity index is 1.49. The molecule has 146 valence electrons. The van der Waals surface area contributed by atoms with Gasteiger partial charge in [-0.05, 0) is 53.8 Å². The molecular formula is C23H20N2O3S. The number of amides is 1. The van der Waals surface area contributed by atoms with Crippen LogP contribution < -0.4 is 5.32 Å². The Bertz CT molecular complexity index is 1160. The molecule has 0 bridgehead atoms. The fourth-order valence-corrected chi connectivity index (χ4v) is 4.09. The number of carboxylic acid groups (broad SMARTS) is 1. The summed E-state index contributed by atoms with van der Waals surface area (Å²) >= 11 is 1.69. The average Bonchev–Trinajstić information content (AvgIpc) is 3.38. The summed E-state index contributed by atoms with van der Waals surface area (Å²) in [6.45, 7) is 1.06. The third kappa shape index (κ3) is 4.22. The molecule has 0 saturated heterocycles. The molecule has 2 N–H and O–H groups in total. The smallest absolute Gasteiger partial charge is 0.336 e. The number of aromatic nitrogens is 1. The van der Waals surface area contributed by atoms with Crippen LogP contribution in [0.5, 0.6) is 0 Å². The van der Waals surface area contributed by atoms with Crippen LogP contribution in [-0.2, 0) is 13.0 Å².